The second-order valence-electron chi connectivity index (χ2n) is 4.70. The Balaban J connectivity index is 2.31. The molecule has 0 amide bonds. The van der Waals surface area contributed by atoms with Crippen molar-refractivity contribution in [3.63, 3.8) is 0 Å². The van der Waals surface area contributed by atoms with Crippen molar-refractivity contribution in [2.75, 3.05) is 6.61 Å². The molecule has 0 radical (unpaired) electrons. The number of ether oxygens (including phenoxy) is 1. The highest BCUT2D eigenvalue weighted by Gasteiger charge is 2.39. The Labute approximate surface area is 114 Å². The fraction of sp³-hybridized carbons (Fsp3) is 0.500. The van der Waals surface area contributed by atoms with Crippen LogP contribution in [0.25, 0.3) is 0 Å². The van der Waals surface area contributed by atoms with Gasteiger partial charge in [0, 0.05) is 28.2 Å². The molecule has 1 heterocycles. The summed E-state index contributed by atoms with van der Waals surface area (Å²) in [4.78, 5) is 10.7. The minimum atomic E-state index is -0.515. The monoisotopic (exact) mass is 314 g/mol. The molecule has 5 nitrogen and oxygen atoms in total. The van der Waals surface area contributed by atoms with Crippen molar-refractivity contribution >= 4 is 21.6 Å². The van der Waals surface area contributed by atoms with E-state index >= 15 is 0 Å². The van der Waals surface area contributed by atoms with Gasteiger partial charge in [-0.15, -0.1) is 0 Å². The van der Waals surface area contributed by atoms with Gasteiger partial charge in [0.25, 0.3) is 5.69 Å². The molecule has 0 spiro atoms. The minimum absolute atomic E-state index is 0.0826. The Hall–Kier alpha value is -0.980. The van der Waals surface area contributed by atoms with Crippen LogP contribution < -0.4 is 5.73 Å². The summed E-state index contributed by atoms with van der Waals surface area (Å²) < 4.78 is 6.15. The summed E-state index contributed by atoms with van der Waals surface area (Å²) in [6.07, 6.45) is 1.10. The first-order valence-corrected chi connectivity index (χ1v) is 6.55. The van der Waals surface area contributed by atoms with E-state index in [-0.39, 0.29) is 16.7 Å². The largest absolute Gasteiger partial charge is 0.377 e. The Morgan fingerprint density at radius 3 is 2.94 bits per heavy atom. The Morgan fingerprint density at radius 2 is 2.39 bits per heavy atom. The van der Waals surface area contributed by atoms with Crippen molar-refractivity contribution in [1.29, 1.82) is 0 Å². The highest BCUT2D eigenvalue weighted by atomic mass is 79.9. The molecule has 18 heavy (non-hydrogen) atoms. The summed E-state index contributed by atoms with van der Waals surface area (Å²) in [5, 5.41) is 11.0. The van der Waals surface area contributed by atoms with E-state index < -0.39 is 5.54 Å². The van der Waals surface area contributed by atoms with Crippen LogP contribution in [0.3, 0.4) is 0 Å². The average molecular weight is 315 g/mol. The molecule has 1 aliphatic heterocycles. The molecule has 2 unspecified atom stereocenters. The van der Waals surface area contributed by atoms with E-state index in [0.717, 1.165) is 6.42 Å². The highest BCUT2D eigenvalue weighted by molar-refractivity contribution is 9.10. The van der Waals surface area contributed by atoms with E-state index in [4.69, 9.17) is 10.5 Å². The molecule has 0 aromatic heterocycles. The quantitative estimate of drug-likeness (QED) is 0.686. The number of halogens is 1. The predicted octanol–water partition coefficient (Wildman–Crippen LogP) is 2.41. The van der Waals surface area contributed by atoms with Crippen molar-refractivity contribution < 1.29 is 9.66 Å². The summed E-state index contributed by atoms with van der Waals surface area (Å²) in [5.41, 5.74) is 6.53. The number of nitrogens with zero attached hydrogens (tertiary/aromatic N) is 1. The molecular weight excluding hydrogens is 300 g/mol. The smallest absolute Gasteiger partial charge is 0.273 e. The normalized spacial score (nSPS) is 27.4. The first-order chi connectivity index (χ1) is 8.42. The van der Waals surface area contributed by atoms with Crippen molar-refractivity contribution in [2.24, 2.45) is 5.73 Å². The number of rotatable bonds is 3. The van der Waals surface area contributed by atoms with Gasteiger partial charge in [0.15, 0.2) is 0 Å². The van der Waals surface area contributed by atoms with Crippen LogP contribution in [0.4, 0.5) is 5.69 Å². The van der Waals surface area contributed by atoms with Gasteiger partial charge < -0.3 is 10.5 Å². The van der Waals surface area contributed by atoms with Gasteiger partial charge in [0.2, 0.25) is 0 Å². The number of nitrogens with two attached hydrogens (primary N) is 1. The van der Waals surface area contributed by atoms with E-state index in [1.165, 1.54) is 6.07 Å². The predicted molar refractivity (Wildman–Crippen MR) is 71.4 cm³/mol. The summed E-state index contributed by atoms with van der Waals surface area (Å²) in [6.45, 7) is 2.53. The number of nitro benzene ring substituents is 1. The molecule has 1 aliphatic rings. The van der Waals surface area contributed by atoms with Crippen LogP contribution in [-0.4, -0.2) is 23.2 Å². The van der Waals surface area contributed by atoms with Gasteiger partial charge in [-0.1, -0.05) is 22.0 Å². The maximum absolute atomic E-state index is 11.0. The van der Waals surface area contributed by atoms with Crippen LogP contribution in [-0.2, 0) is 11.2 Å². The molecule has 0 bridgehead atoms. The average Bonchev–Trinajstić information content (AvgIpc) is 2.61. The summed E-state index contributed by atoms with van der Waals surface area (Å²) in [7, 11) is 0. The van der Waals surface area contributed by atoms with E-state index in [9.17, 15) is 10.1 Å². The van der Waals surface area contributed by atoms with Gasteiger partial charge in [-0.05, 0) is 25.8 Å². The molecule has 2 rings (SSSR count). The fourth-order valence-corrected chi connectivity index (χ4v) is 2.59. The van der Waals surface area contributed by atoms with Gasteiger partial charge in [0.05, 0.1) is 11.0 Å². The zero-order valence-electron chi connectivity index (χ0n) is 10.1. The third-order valence-corrected chi connectivity index (χ3v) is 4.00. The molecule has 2 N–H and O–H groups in total. The summed E-state index contributed by atoms with van der Waals surface area (Å²) in [5.74, 6) is 0. The van der Waals surface area contributed by atoms with Crippen molar-refractivity contribution in [2.45, 2.75) is 31.4 Å². The molecule has 98 valence electrons. The van der Waals surface area contributed by atoms with Gasteiger partial charge in [-0.2, -0.15) is 0 Å². The van der Waals surface area contributed by atoms with Gasteiger partial charge in [0.1, 0.15) is 0 Å². The highest BCUT2D eigenvalue weighted by Crippen LogP contribution is 2.32. The molecule has 1 aromatic rings. The Kier molecular flexibility index (Phi) is 3.70. The van der Waals surface area contributed by atoms with E-state index in [0.29, 0.717) is 23.1 Å². The standard InChI is InChI=1S/C12H15BrN2O3/c1-8-12(14,4-5-18-8)7-9-2-3-10(13)6-11(9)15(16)17/h2-3,6,8H,4-5,7,14H2,1H3. The van der Waals surface area contributed by atoms with Crippen molar-refractivity contribution in [1.82, 2.24) is 0 Å². The topological polar surface area (TPSA) is 78.4 Å². The van der Waals surface area contributed by atoms with Crippen LogP contribution in [0, 0.1) is 10.1 Å². The zero-order chi connectivity index (χ0) is 13.3. The molecular formula is C12H15BrN2O3. The van der Waals surface area contributed by atoms with Crippen molar-refractivity contribution in [3.8, 4) is 0 Å². The Bertz CT molecular complexity index is 480. The lowest BCUT2D eigenvalue weighted by molar-refractivity contribution is -0.385. The van der Waals surface area contributed by atoms with E-state index in [1.807, 2.05) is 6.92 Å². The number of hydrogen-bond donors (Lipinski definition) is 1. The lowest BCUT2D eigenvalue weighted by Gasteiger charge is -2.27. The molecule has 1 aromatic carbocycles. The fourth-order valence-electron chi connectivity index (χ4n) is 2.24. The first kappa shape index (κ1) is 13.5. The zero-order valence-corrected chi connectivity index (χ0v) is 11.6. The van der Waals surface area contributed by atoms with Gasteiger partial charge in [-0.25, -0.2) is 0 Å². The molecule has 2 atom stereocenters. The first-order valence-electron chi connectivity index (χ1n) is 5.76. The van der Waals surface area contributed by atoms with E-state index in [1.54, 1.807) is 12.1 Å². The van der Waals surface area contributed by atoms with Crippen LogP contribution >= 0.6 is 15.9 Å². The van der Waals surface area contributed by atoms with Crippen LogP contribution in [0.15, 0.2) is 22.7 Å². The number of hydrogen-bond acceptors (Lipinski definition) is 4. The second kappa shape index (κ2) is 4.95. The van der Waals surface area contributed by atoms with Crippen molar-refractivity contribution in [3.05, 3.63) is 38.3 Å². The molecule has 6 heteroatoms. The molecule has 0 saturated carbocycles. The van der Waals surface area contributed by atoms with Gasteiger partial charge >= 0.3 is 0 Å². The second-order valence-corrected chi connectivity index (χ2v) is 5.62. The molecule has 1 fully saturated rings. The lowest BCUT2D eigenvalue weighted by Crippen LogP contribution is -2.48. The SMILES string of the molecule is CC1OCCC1(N)Cc1ccc(Br)cc1[N+](=O)[O-]. The molecule has 0 aliphatic carbocycles. The third-order valence-electron chi connectivity index (χ3n) is 3.51. The summed E-state index contributed by atoms with van der Waals surface area (Å²) >= 11 is 3.24. The third kappa shape index (κ3) is 2.55. The number of benzene rings is 1. The number of nitro groups is 1. The van der Waals surface area contributed by atoms with Crippen LogP contribution in [0.2, 0.25) is 0 Å². The summed E-state index contributed by atoms with van der Waals surface area (Å²) in [6, 6.07) is 5.06. The van der Waals surface area contributed by atoms with Gasteiger partial charge in [-0.3, -0.25) is 10.1 Å². The maximum Gasteiger partial charge on any atom is 0.273 e. The molecule has 1 saturated heterocycles. The van der Waals surface area contributed by atoms with Crippen LogP contribution in [0.5, 0.6) is 0 Å². The van der Waals surface area contributed by atoms with Crippen LogP contribution in [0.1, 0.15) is 18.9 Å². The Morgan fingerprint density at radius 1 is 1.67 bits per heavy atom. The minimum Gasteiger partial charge on any atom is -0.377 e. The maximum atomic E-state index is 11.0. The lowest BCUT2D eigenvalue weighted by atomic mass is 9.86. The van der Waals surface area contributed by atoms with E-state index in [2.05, 4.69) is 15.9 Å².